The van der Waals surface area contributed by atoms with Crippen LogP contribution in [0, 0.1) is 0 Å². The Morgan fingerprint density at radius 1 is 1.45 bits per heavy atom. The first-order valence-electron chi connectivity index (χ1n) is 7.90. The first-order chi connectivity index (χ1) is 10.6. The van der Waals surface area contributed by atoms with E-state index in [-0.39, 0.29) is 5.91 Å². The molecular weight excluding hydrogens is 278 g/mol. The van der Waals surface area contributed by atoms with Gasteiger partial charge in [0.15, 0.2) is 5.65 Å². The molecule has 0 bridgehead atoms. The summed E-state index contributed by atoms with van der Waals surface area (Å²) in [6, 6.07) is 2.58. The van der Waals surface area contributed by atoms with Gasteiger partial charge in [-0.3, -0.25) is 4.79 Å². The average molecular weight is 301 g/mol. The Morgan fingerprint density at radius 3 is 3.00 bits per heavy atom. The lowest BCUT2D eigenvalue weighted by Crippen LogP contribution is -2.39. The fourth-order valence-electron chi connectivity index (χ4n) is 3.23. The Bertz CT molecular complexity index is 678. The van der Waals surface area contributed by atoms with Gasteiger partial charge < -0.3 is 10.2 Å². The number of carbonyl (C=O) groups is 1. The van der Waals surface area contributed by atoms with Crippen molar-refractivity contribution in [1.82, 2.24) is 24.8 Å². The van der Waals surface area contributed by atoms with Crippen molar-refractivity contribution in [2.45, 2.75) is 38.6 Å². The summed E-state index contributed by atoms with van der Waals surface area (Å²) in [5.74, 6) is 0.284. The number of piperidine rings is 1. The molecule has 118 valence electrons. The van der Waals surface area contributed by atoms with Crippen LogP contribution in [0.25, 0.3) is 5.65 Å². The molecule has 1 aliphatic rings. The molecule has 1 N–H and O–H groups in total. The number of aromatic nitrogens is 3. The monoisotopic (exact) mass is 301 g/mol. The highest BCUT2D eigenvalue weighted by molar-refractivity contribution is 5.99. The molecular formula is C16H23N5O. The number of rotatable bonds is 3. The van der Waals surface area contributed by atoms with Gasteiger partial charge in [0.1, 0.15) is 5.56 Å². The zero-order valence-corrected chi connectivity index (χ0v) is 13.4. The molecule has 0 aromatic carbocycles. The summed E-state index contributed by atoms with van der Waals surface area (Å²) < 4.78 is 1.83. The van der Waals surface area contributed by atoms with Gasteiger partial charge in [0.25, 0.3) is 5.91 Å². The summed E-state index contributed by atoms with van der Waals surface area (Å²) in [6.07, 6.45) is 5.73. The van der Waals surface area contributed by atoms with Crippen LogP contribution in [0.2, 0.25) is 0 Å². The fraction of sp³-hybridized carbons (Fsp3) is 0.562. The number of nitrogens with one attached hydrogen (secondary N) is 1. The third-order valence-electron chi connectivity index (χ3n) is 4.50. The molecule has 0 spiro atoms. The smallest absolute Gasteiger partial charge is 0.256 e. The highest BCUT2D eigenvalue weighted by Gasteiger charge is 2.25. The molecule has 0 unspecified atom stereocenters. The van der Waals surface area contributed by atoms with Crippen molar-refractivity contribution in [1.29, 1.82) is 0 Å². The van der Waals surface area contributed by atoms with Gasteiger partial charge in [-0.15, -0.1) is 0 Å². The van der Waals surface area contributed by atoms with Gasteiger partial charge in [-0.25, -0.2) is 9.50 Å². The van der Waals surface area contributed by atoms with E-state index < -0.39 is 0 Å². The number of hydrogen-bond acceptors (Lipinski definition) is 4. The zero-order valence-electron chi connectivity index (χ0n) is 13.4. The van der Waals surface area contributed by atoms with Gasteiger partial charge in [0.05, 0.1) is 11.9 Å². The molecule has 2 aromatic rings. The van der Waals surface area contributed by atoms with E-state index in [0.29, 0.717) is 23.2 Å². The average Bonchev–Trinajstić information content (AvgIpc) is 2.98. The summed E-state index contributed by atoms with van der Waals surface area (Å²) in [6.45, 7) is 6.67. The number of nitrogens with zero attached hydrogens (tertiary/aromatic N) is 4. The first-order valence-corrected chi connectivity index (χ1v) is 7.90. The van der Waals surface area contributed by atoms with Crippen molar-refractivity contribution in [3.8, 4) is 0 Å². The highest BCUT2D eigenvalue weighted by atomic mass is 16.1. The van der Waals surface area contributed by atoms with Gasteiger partial charge in [-0.2, -0.15) is 5.10 Å². The number of amides is 1. The quantitative estimate of drug-likeness (QED) is 0.937. The van der Waals surface area contributed by atoms with E-state index >= 15 is 0 Å². The number of hydrogen-bond donors (Lipinski definition) is 1. The van der Waals surface area contributed by atoms with Crippen LogP contribution in [0.3, 0.4) is 0 Å². The second kappa shape index (κ2) is 6.04. The van der Waals surface area contributed by atoms with Crippen LogP contribution in [0.4, 0.5) is 0 Å². The largest absolute Gasteiger partial charge is 0.355 e. The second-order valence-electron chi connectivity index (χ2n) is 6.17. The summed E-state index contributed by atoms with van der Waals surface area (Å²) in [7, 11) is 1.62. The van der Waals surface area contributed by atoms with E-state index in [1.165, 1.54) is 6.42 Å². The molecule has 1 fully saturated rings. The Labute approximate surface area is 130 Å². The Hall–Kier alpha value is -1.95. The summed E-state index contributed by atoms with van der Waals surface area (Å²) in [5, 5.41) is 7.05. The topological polar surface area (TPSA) is 62.5 Å². The van der Waals surface area contributed by atoms with Gasteiger partial charge in [0.2, 0.25) is 0 Å². The van der Waals surface area contributed by atoms with E-state index in [4.69, 9.17) is 0 Å². The number of carbonyl (C=O) groups excluding carboxylic acids is 1. The molecule has 0 radical (unpaired) electrons. The first kappa shape index (κ1) is 15.0. The minimum absolute atomic E-state index is 0.146. The van der Waals surface area contributed by atoms with E-state index in [2.05, 4.69) is 34.1 Å². The Balaban J connectivity index is 1.97. The number of fused-ring (bicyclic) bond motifs is 1. The van der Waals surface area contributed by atoms with Crippen molar-refractivity contribution in [2.24, 2.45) is 0 Å². The minimum atomic E-state index is -0.146. The molecule has 1 saturated heterocycles. The molecule has 6 heteroatoms. The normalized spacial score (nSPS) is 19.7. The molecule has 22 heavy (non-hydrogen) atoms. The maximum atomic E-state index is 11.9. The van der Waals surface area contributed by atoms with Crippen molar-refractivity contribution < 1.29 is 4.79 Å². The predicted octanol–water partition coefficient (Wildman–Crippen LogP) is 1.68. The lowest BCUT2D eigenvalue weighted by molar-refractivity contribution is 0.0964. The molecule has 1 aliphatic heterocycles. The van der Waals surface area contributed by atoms with Crippen LogP contribution in [-0.2, 0) is 0 Å². The van der Waals surface area contributed by atoms with Crippen LogP contribution >= 0.6 is 0 Å². The fourth-order valence-corrected chi connectivity index (χ4v) is 3.23. The van der Waals surface area contributed by atoms with E-state index in [1.807, 2.05) is 10.6 Å². The van der Waals surface area contributed by atoms with E-state index in [1.54, 1.807) is 19.4 Å². The lowest BCUT2D eigenvalue weighted by Gasteiger charge is -2.35. The maximum absolute atomic E-state index is 11.9. The minimum Gasteiger partial charge on any atom is -0.355 e. The molecule has 3 rings (SSSR count). The van der Waals surface area contributed by atoms with Crippen LogP contribution in [-0.4, -0.2) is 51.6 Å². The second-order valence-corrected chi connectivity index (χ2v) is 6.17. The van der Waals surface area contributed by atoms with Crippen molar-refractivity contribution in [2.75, 3.05) is 20.1 Å². The summed E-state index contributed by atoms with van der Waals surface area (Å²) in [5.41, 5.74) is 2.31. The third-order valence-corrected chi connectivity index (χ3v) is 4.50. The zero-order chi connectivity index (χ0) is 15.7. The molecule has 0 saturated carbocycles. The van der Waals surface area contributed by atoms with Crippen molar-refractivity contribution in [3.05, 3.63) is 29.7 Å². The van der Waals surface area contributed by atoms with Crippen LogP contribution in [0.15, 0.2) is 18.5 Å². The summed E-state index contributed by atoms with van der Waals surface area (Å²) in [4.78, 5) is 18.8. The van der Waals surface area contributed by atoms with Crippen molar-refractivity contribution in [3.63, 3.8) is 0 Å². The van der Waals surface area contributed by atoms with Crippen LogP contribution in [0.5, 0.6) is 0 Å². The highest BCUT2D eigenvalue weighted by Crippen LogP contribution is 2.28. The Morgan fingerprint density at radius 2 is 2.27 bits per heavy atom. The molecule has 6 nitrogen and oxygen atoms in total. The standard InChI is InChI=1S/C16H23N5O/c1-11(2)20-8-4-5-12(10-20)14-6-7-18-15-13(16(22)17-3)9-19-21(14)15/h6-7,9,11-12H,4-5,8,10H2,1-3H3,(H,17,22)/t12-/m0/s1. The summed E-state index contributed by atoms with van der Waals surface area (Å²) >= 11 is 0. The lowest BCUT2D eigenvalue weighted by atomic mass is 9.93. The number of likely N-dealkylation sites (tertiary alicyclic amines) is 1. The SMILES string of the molecule is CNC(=O)c1cnn2c([C@H]3CCCN(C(C)C)C3)ccnc12. The predicted molar refractivity (Wildman–Crippen MR) is 85.1 cm³/mol. The third kappa shape index (κ3) is 2.59. The van der Waals surface area contributed by atoms with Gasteiger partial charge in [-0.05, 0) is 39.3 Å². The van der Waals surface area contributed by atoms with Gasteiger partial charge in [-0.1, -0.05) is 0 Å². The molecule has 3 heterocycles. The van der Waals surface area contributed by atoms with E-state index in [9.17, 15) is 4.79 Å². The maximum Gasteiger partial charge on any atom is 0.256 e. The molecule has 1 atom stereocenters. The Kier molecular flexibility index (Phi) is 4.11. The van der Waals surface area contributed by atoms with Crippen molar-refractivity contribution >= 4 is 11.6 Å². The van der Waals surface area contributed by atoms with Crippen LogP contribution < -0.4 is 5.32 Å². The van der Waals surface area contributed by atoms with E-state index in [0.717, 1.165) is 25.2 Å². The molecule has 2 aromatic heterocycles. The van der Waals surface area contributed by atoms with Gasteiger partial charge in [0, 0.05) is 31.7 Å². The van der Waals surface area contributed by atoms with Crippen LogP contribution in [0.1, 0.15) is 48.7 Å². The molecule has 1 amide bonds. The molecule has 0 aliphatic carbocycles. The van der Waals surface area contributed by atoms with Gasteiger partial charge >= 0.3 is 0 Å².